The number of anilines is 1. The summed E-state index contributed by atoms with van der Waals surface area (Å²) in [5.74, 6) is 1.03. The van der Waals surface area contributed by atoms with E-state index in [1.165, 1.54) is 11.1 Å². The van der Waals surface area contributed by atoms with Gasteiger partial charge in [-0.25, -0.2) is 4.63 Å². The SMILES string of the molecule is Cc1ccc(-c2nonc2NC(=O)C(C)Oc2ccc(C(C)C)cc2)cc1C. The van der Waals surface area contributed by atoms with E-state index in [0.29, 0.717) is 17.4 Å². The summed E-state index contributed by atoms with van der Waals surface area (Å²) in [7, 11) is 0. The number of ether oxygens (including phenoxy) is 1. The van der Waals surface area contributed by atoms with Gasteiger partial charge in [-0.3, -0.25) is 4.79 Å². The fourth-order valence-electron chi connectivity index (χ4n) is 2.76. The first-order valence-corrected chi connectivity index (χ1v) is 9.33. The Morgan fingerprint density at radius 1 is 1.00 bits per heavy atom. The predicted molar refractivity (Wildman–Crippen MR) is 108 cm³/mol. The lowest BCUT2D eigenvalue weighted by molar-refractivity contribution is -0.122. The van der Waals surface area contributed by atoms with Crippen LogP contribution >= 0.6 is 0 Å². The molecule has 6 heteroatoms. The zero-order valence-electron chi connectivity index (χ0n) is 16.8. The molecule has 0 aliphatic heterocycles. The molecule has 6 nitrogen and oxygen atoms in total. The third-order valence-corrected chi connectivity index (χ3v) is 4.74. The summed E-state index contributed by atoms with van der Waals surface area (Å²) < 4.78 is 10.6. The first kappa shape index (κ1) is 19.6. The molecule has 3 rings (SSSR count). The molecule has 28 heavy (non-hydrogen) atoms. The third-order valence-electron chi connectivity index (χ3n) is 4.74. The summed E-state index contributed by atoms with van der Waals surface area (Å²) in [6.45, 7) is 10.0. The van der Waals surface area contributed by atoms with Crippen LogP contribution in [0.5, 0.6) is 5.75 Å². The minimum absolute atomic E-state index is 0.277. The van der Waals surface area contributed by atoms with E-state index in [1.807, 2.05) is 56.3 Å². The highest BCUT2D eigenvalue weighted by Crippen LogP contribution is 2.26. The average molecular weight is 379 g/mol. The molecule has 0 aliphatic rings. The summed E-state index contributed by atoms with van der Waals surface area (Å²) in [6.07, 6.45) is -0.700. The van der Waals surface area contributed by atoms with Gasteiger partial charge in [0, 0.05) is 5.56 Å². The largest absolute Gasteiger partial charge is 0.481 e. The Morgan fingerprint density at radius 3 is 2.36 bits per heavy atom. The summed E-state index contributed by atoms with van der Waals surface area (Å²) in [4.78, 5) is 12.5. The van der Waals surface area contributed by atoms with Gasteiger partial charge >= 0.3 is 0 Å². The van der Waals surface area contributed by atoms with Gasteiger partial charge in [0.15, 0.2) is 11.8 Å². The van der Waals surface area contributed by atoms with Crippen LogP contribution in [0.25, 0.3) is 11.3 Å². The second-order valence-corrected chi connectivity index (χ2v) is 7.23. The highest BCUT2D eigenvalue weighted by Gasteiger charge is 2.20. The topological polar surface area (TPSA) is 77.3 Å². The lowest BCUT2D eigenvalue weighted by atomic mass is 10.0. The van der Waals surface area contributed by atoms with Crippen molar-refractivity contribution in [3.8, 4) is 17.0 Å². The number of benzene rings is 2. The van der Waals surface area contributed by atoms with Gasteiger partial charge in [-0.2, -0.15) is 0 Å². The number of carbonyl (C=O) groups excluding carboxylic acids is 1. The van der Waals surface area contributed by atoms with E-state index >= 15 is 0 Å². The van der Waals surface area contributed by atoms with Crippen LogP contribution in [0.4, 0.5) is 5.82 Å². The Labute approximate surface area is 164 Å². The summed E-state index contributed by atoms with van der Waals surface area (Å²) in [5.41, 5.74) is 4.84. The van der Waals surface area contributed by atoms with E-state index < -0.39 is 6.10 Å². The number of nitrogens with zero attached hydrogens (tertiary/aromatic N) is 2. The van der Waals surface area contributed by atoms with Crippen molar-refractivity contribution in [3.05, 3.63) is 59.2 Å². The molecule has 1 amide bonds. The van der Waals surface area contributed by atoms with Gasteiger partial charge in [0.05, 0.1) is 0 Å². The van der Waals surface area contributed by atoms with Crippen molar-refractivity contribution in [2.45, 2.75) is 46.6 Å². The van der Waals surface area contributed by atoms with Crippen LogP contribution < -0.4 is 10.1 Å². The van der Waals surface area contributed by atoms with E-state index in [1.54, 1.807) is 6.92 Å². The fraction of sp³-hybridized carbons (Fsp3) is 0.318. The lowest BCUT2D eigenvalue weighted by Crippen LogP contribution is -2.30. The first-order chi connectivity index (χ1) is 13.3. The summed E-state index contributed by atoms with van der Waals surface area (Å²) >= 11 is 0. The molecule has 3 aromatic rings. The standard InChI is InChI=1S/C22H25N3O3/c1-13(2)17-8-10-19(11-9-17)27-16(5)22(26)23-21-20(24-28-25-21)18-7-6-14(3)15(4)12-18/h6-13,16H,1-5H3,(H,23,25,26). The number of hydrogen-bond donors (Lipinski definition) is 1. The monoisotopic (exact) mass is 379 g/mol. The minimum Gasteiger partial charge on any atom is -0.481 e. The number of nitrogens with one attached hydrogen (secondary N) is 1. The van der Waals surface area contributed by atoms with E-state index in [4.69, 9.17) is 9.37 Å². The first-order valence-electron chi connectivity index (χ1n) is 9.33. The second-order valence-electron chi connectivity index (χ2n) is 7.23. The molecule has 0 aliphatic carbocycles. The Morgan fingerprint density at radius 2 is 1.71 bits per heavy atom. The molecule has 1 atom stereocenters. The molecule has 0 saturated carbocycles. The maximum absolute atomic E-state index is 12.5. The van der Waals surface area contributed by atoms with Crippen molar-refractivity contribution in [1.82, 2.24) is 10.3 Å². The maximum Gasteiger partial charge on any atom is 0.266 e. The molecule has 0 fully saturated rings. The van der Waals surface area contributed by atoms with Gasteiger partial charge in [-0.15, -0.1) is 0 Å². The number of amides is 1. The van der Waals surface area contributed by atoms with E-state index in [-0.39, 0.29) is 11.7 Å². The van der Waals surface area contributed by atoms with Crippen LogP contribution in [0.3, 0.4) is 0 Å². The van der Waals surface area contributed by atoms with Crippen molar-refractivity contribution < 1.29 is 14.2 Å². The lowest BCUT2D eigenvalue weighted by Gasteiger charge is -2.15. The van der Waals surface area contributed by atoms with Crippen LogP contribution in [-0.2, 0) is 4.79 Å². The second kappa shape index (κ2) is 8.25. The van der Waals surface area contributed by atoms with E-state index in [0.717, 1.165) is 11.1 Å². The summed E-state index contributed by atoms with van der Waals surface area (Å²) in [6, 6.07) is 13.7. The fourth-order valence-corrected chi connectivity index (χ4v) is 2.76. The molecule has 0 bridgehead atoms. The molecular formula is C22H25N3O3. The number of rotatable bonds is 6. The zero-order chi connectivity index (χ0) is 20.3. The zero-order valence-corrected chi connectivity index (χ0v) is 16.8. The van der Waals surface area contributed by atoms with Crippen molar-refractivity contribution in [3.63, 3.8) is 0 Å². The molecule has 2 aromatic carbocycles. The van der Waals surface area contributed by atoms with E-state index in [2.05, 4.69) is 29.5 Å². The quantitative estimate of drug-likeness (QED) is 0.660. The molecule has 1 unspecified atom stereocenters. The van der Waals surface area contributed by atoms with Crippen LogP contribution in [0.2, 0.25) is 0 Å². The Balaban J connectivity index is 1.69. The third kappa shape index (κ3) is 4.39. The Bertz CT molecular complexity index is 961. The van der Waals surface area contributed by atoms with Crippen LogP contribution in [0, 0.1) is 13.8 Å². The summed E-state index contributed by atoms with van der Waals surface area (Å²) in [5, 5.41) is 10.5. The molecule has 0 spiro atoms. The predicted octanol–water partition coefficient (Wildman–Crippen LogP) is 4.88. The van der Waals surface area contributed by atoms with Crippen LogP contribution in [-0.4, -0.2) is 22.3 Å². The molecule has 146 valence electrons. The van der Waals surface area contributed by atoms with Gasteiger partial charge in [0.2, 0.25) is 5.82 Å². The molecule has 1 heterocycles. The normalized spacial score (nSPS) is 12.1. The number of aromatic nitrogens is 2. The number of hydrogen-bond acceptors (Lipinski definition) is 5. The number of carbonyl (C=O) groups is 1. The smallest absolute Gasteiger partial charge is 0.266 e. The molecular weight excluding hydrogens is 354 g/mol. The number of aryl methyl sites for hydroxylation is 2. The van der Waals surface area contributed by atoms with Crippen LogP contribution in [0.15, 0.2) is 47.1 Å². The van der Waals surface area contributed by atoms with Crippen molar-refractivity contribution in [2.24, 2.45) is 0 Å². The Kier molecular flexibility index (Phi) is 5.78. The van der Waals surface area contributed by atoms with E-state index in [9.17, 15) is 4.79 Å². The van der Waals surface area contributed by atoms with Crippen LogP contribution in [0.1, 0.15) is 43.4 Å². The maximum atomic E-state index is 12.5. The highest BCUT2D eigenvalue weighted by molar-refractivity contribution is 5.96. The van der Waals surface area contributed by atoms with Gasteiger partial charge in [0.1, 0.15) is 5.75 Å². The molecule has 0 saturated heterocycles. The van der Waals surface area contributed by atoms with Gasteiger partial charge in [-0.05, 0) is 71.9 Å². The van der Waals surface area contributed by atoms with Gasteiger partial charge in [0.25, 0.3) is 5.91 Å². The average Bonchev–Trinajstić information content (AvgIpc) is 3.12. The van der Waals surface area contributed by atoms with Crippen molar-refractivity contribution in [1.29, 1.82) is 0 Å². The van der Waals surface area contributed by atoms with Gasteiger partial charge in [-0.1, -0.05) is 38.1 Å². The molecule has 1 aromatic heterocycles. The minimum atomic E-state index is -0.700. The molecule has 0 radical (unpaired) electrons. The molecule has 1 N–H and O–H groups in total. The van der Waals surface area contributed by atoms with Crippen molar-refractivity contribution >= 4 is 11.7 Å². The Hall–Kier alpha value is -3.15. The van der Waals surface area contributed by atoms with Gasteiger partial charge < -0.3 is 10.1 Å². The highest BCUT2D eigenvalue weighted by atomic mass is 16.6. The van der Waals surface area contributed by atoms with Crippen molar-refractivity contribution in [2.75, 3.05) is 5.32 Å².